The first-order valence-electron chi connectivity index (χ1n) is 5.46. The monoisotopic (exact) mass is 222 g/mol. The molecule has 82 valence electrons. The van der Waals surface area contributed by atoms with Crippen molar-refractivity contribution in [1.29, 1.82) is 0 Å². The molecule has 0 bridgehead atoms. The van der Waals surface area contributed by atoms with Crippen LogP contribution in [0.1, 0.15) is 36.4 Å². The summed E-state index contributed by atoms with van der Waals surface area (Å²) >= 11 is 1.80. The summed E-state index contributed by atoms with van der Waals surface area (Å²) < 4.78 is 0. The van der Waals surface area contributed by atoms with Gasteiger partial charge in [0.15, 0.2) is 0 Å². The van der Waals surface area contributed by atoms with E-state index >= 15 is 0 Å². The van der Waals surface area contributed by atoms with Gasteiger partial charge in [-0.1, -0.05) is 6.58 Å². The first-order chi connectivity index (χ1) is 7.16. The van der Waals surface area contributed by atoms with E-state index in [9.17, 15) is 0 Å². The lowest BCUT2D eigenvalue weighted by Crippen LogP contribution is -2.29. The lowest BCUT2D eigenvalue weighted by molar-refractivity contribution is 0.255. The number of thiazole rings is 1. The van der Waals surface area contributed by atoms with E-state index in [1.54, 1.807) is 11.3 Å². The number of hydrogen-bond donors (Lipinski definition) is 0. The van der Waals surface area contributed by atoms with E-state index in [1.807, 2.05) is 6.92 Å². The van der Waals surface area contributed by atoms with Crippen LogP contribution in [0.3, 0.4) is 0 Å². The molecule has 15 heavy (non-hydrogen) atoms. The fourth-order valence-electron chi connectivity index (χ4n) is 1.93. The quantitative estimate of drug-likeness (QED) is 0.764. The van der Waals surface area contributed by atoms with Gasteiger partial charge in [-0.05, 0) is 45.5 Å². The highest BCUT2D eigenvalue weighted by atomic mass is 32.1. The molecule has 0 aliphatic carbocycles. The molecule has 2 nitrogen and oxygen atoms in total. The maximum Gasteiger partial charge on any atom is 0.0964 e. The zero-order valence-electron chi connectivity index (χ0n) is 9.49. The molecule has 1 aliphatic rings. The highest BCUT2D eigenvalue weighted by Gasteiger charge is 2.20. The Morgan fingerprint density at radius 2 is 2.20 bits per heavy atom. The van der Waals surface area contributed by atoms with Gasteiger partial charge >= 0.3 is 0 Å². The van der Waals surface area contributed by atoms with E-state index in [1.165, 1.54) is 30.9 Å². The molecule has 3 heteroatoms. The van der Waals surface area contributed by atoms with Crippen molar-refractivity contribution in [3.63, 3.8) is 0 Å². The molecule has 0 amide bonds. The summed E-state index contributed by atoms with van der Waals surface area (Å²) in [6.45, 7) is 8.36. The maximum atomic E-state index is 4.66. The van der Waals surface area contributed by atoms with Gasteiger partial charge in [-0.15, -0.1) is 11.3 Å². The highest BCUT2D eigenvalue weighted by molar-refractivity contribution is 7.09. The molecule has 0 radical (unpaired) electrons. The van der Waals surface area contributed by atoms with Gasteiger partial charge in [0.25, 0.3) is 0 Å². The number of hydrogen-bond acceptors (Lipinski definition) is 3. The van der Waals surface area contributed by atoms with Crippen LogP contribution in [0.4, 0.5) is 0 Å². The van der Waals surface area contributed by atoms with E-state index < -0.39 is 0 Å². The number of aromatic nitrogens is 1. The largest absolute Gasteiger partial charge is 0.306 e. The van der Waals surface area contributed by atoms with Crippen LogP contribution in [0.2, 0.25) is 0 Å². The molecule has 1 aliphatic heterocycles. The number of rotatable bonds is 2. The lowest BCUT2D eigenvalue weighted by atomic mass is 9.98. The predicted octanol–water partition coefficient (Wildman–Crippen LogP) is 2.99. The summed E-state index contributed by atoms with van der Waals surface area (Å²) in [5.41, 5.74) is 2.15. The predicted molar refractivity (Wildman–Crippen MR) is 66.3 cm³/mol. The van der Waals surface area contributed by atoms with Crippen LogP contribution in [-0.2, 0) is 0 Å². The van der Waals surface area contributed by atoms with Crippen molar-refractivity contribution < 1.29 is 0 Å². The normalized spacial score (nSPS) is 19.3. The van der Waals surface area contributed by atoms with Gasteiger partial charge in [0.1, 0.15) is 0 Å². The van der Waals surface area contributed by atoms with E-state index in [4.69, 9.17) is 0 Å². The summed E-state index contributed by atoms with van der Waals surface area (Å²) in [6.07, 6.45) is 2.50. The molecule has 0 aromatic carbocycles. The molecule has 0 N–H and O–H groups in total. The van der Waals surface area contributed by atoms with E-state index in [-0.39, 0.29) is 0 Å². The van der Waals surface area contributed by atoms with Gasteiger partial charge in [0.2, 0.25) is 0 Å². The third-order valence-corrected chi connectivity index (χ3v) is 4.03. The van der Waals surface area contributed by atoms with Crippen molar-refractivity contribution in [3.05, 3.63) is 22.7 Å². The first kappa shape index (κ1) is 10.8. The van der Waals surface area contributed by atoms with Crippen LogP contribution in [-0.4, -0.2) is 30.0 Å². The Labute approximate surface area is 95.6 Å². The van der Waals surface area contributed by atoms with Crippen molar-refractivity contribution in [3.8, 4) is 0 Å². The molecule has 2 heterocycles. The van der Waals surface area contributed by atoms with Gasteiger partial charge in [0, 0.05) is 11.3 Å². The van der Waals surface area contributed by atoms with Crippen LogP contribution in [0.15, 0.2) is 12.0 Å². The Balaban J connectivity index is 2.06. The van der Waals surface area contributed by atoms with Crippen molar-refractivity contribution in [1.82, 2.24) is 9.88 Å². The van der Waals surface area contributed by atoms with E-state index in [0.717, 1.165) is 11.3 Å². The SMILES string of the molecule is C=C(C)c1csc(C2CCN(C)CC2)n1. The van der Waals surface area contributed by atoms with Crippen molar-refractivity contribution >= 4 is 16.9 Å². The van der Waals surface area contributed by atoms with Crippen molar-refractivity contribution in [2.75, 3.05) is 20.1 Å². The van der Waals surface area contributed by atoms with Crippen LogP contribution >= 0.6 is 11.3 Å². The second-order valence-electron chi connectivity index (χ2n) is 4.43. The zero-order valence-corrected chi connectivity index (χ0v) is 10.3. The second-order valence-corrected chi connectivity index (χ2v) is 5.32. The average Bonchev–Trinajstić information content (AvgIpc) is 2.68. The molecule has 2 rings (SSSR count). The Bertz CT molecular complexity index is 348. The molecule has 0 atom stereocenters. The lowest BCUT2D eigenvalue weighted by Gasteiger charge is -2.27. The third kappa shape index (κ3) is 2.47. The topological polar surface area (TPSA) is 16.1 Å². The van der Waals surface area contributed by atoms with Gasteiger partial charge in [-0.2, -0.15) is 0 Å². The molecule has 0 saturated carbocycles. The molecule has 1 aromatic rings. The van der Waals surface area contributed by atoms with Gasteiger partial charge in [-0.3, -0.25) is 0 Å². The Hall–Kier alpha value is -0.670. The molecule has 1 aromatic heterocycles. The average molecular weight is 222 g/mol. The Kier molecular flexibility index (Phi) is 3.22. The standard InChI is InChI=1S/C12H18N2S/c1-9(2)11-8-15-12(13-11)10-4-6-14(3)7-5-10/h8,10H,1,4-7H2,2-3H3. The minimum atomic E-state index is 0.680. The van der Waals surface area contributed by atoms with Crippen LogP contribution in [0.5, 0.6) is 0 Å². The molecular formula is C12H18N2S. The fourth-order valence-corrected chi connectivity index (χ4v) is 2.99. The first-order valence-corrected chi connectivity index (χ1v) is 6.34. The minimum absolute atomic E-state index is 0.680. The van der Waals surface area contributed by atoms with Crippen molar-refractivity contribution in [2.24, 2.45) is 0 Å². The minimum Gasteiger partial charge on any atom is -0.306 e. The van der Waals surface area contributed by atoms with Crippen LogP contribution < -0.4 is 0 Å². The Morgan fingerprint density at radius 3 is 2.73 bits per heavy atom. The number of nitrogens with zero attached hydrogens (tertiary/aromatic N) is 2. The molecule has 1 saturated heterocycles. The molecule has 0 spiro atoms. The molecule has 0 unspecified atom stereocenters. The zero-order chi connectivity index (χ0) is 10.8. The van der Waals surface area contributed by atoms with Crippen molar-refractivity contribution in [2.45, 2.75) is 25.7 Å². The van der Waals surface area contributed by atoms with Crippen LogP contribution in [0, 0.1) is 0 Å². The van der Waals surface area contributed by atoms with E-state index in [2.05, 4.69) is 28.9 Å². The fraction of sp³-hybridized carbons (Fsp3) is 0.583. The highest BCUT2D eigenvalue weighted by Crippen LogP contribution is 2.30. The summed E-state index contributed by atoms with van der Waals surface area (Å²) in [5, 5.41) is 3.44. The Morgan fingerprint density at radius 1 is 1.53 bits per heavy atom. The van der Waals surface area contributed by atoms with Crippen LogP contribution in [0.25, 0.3) is 5.57 Å². The van der Waals surface area contributed by atoms with Gasteiger partial charge in [-0.25, -0.2) is 4.98 Å². The molecular weight excluding hydrogens is 204 g/mol. The third-order valence-electron chi connectivity index (χ3n) is 3.03. The second kappa shape index (κ2) is 4.45. The van der Waals surface area contributed by atoms with Gasteiger partial charge in [0.05, 0.1) is 10.7 Å². The number of allylic oxidation sites excluding steroid dienone is 1. The van der Waals surface area contributed by atoms with E-state index in [0.29, 0.717) is 5.92 Å². The summed E-state index contributed by atoms with van der Waals surface area (Å²) in [6, 6.07) is 0. The smallest absolute Gasteiger partial charge is 0.0964 e. The summed E-state index contributed by atoms with van der Waals surface area (Å²) in [7, 11) is 2.19. The van der Waals surface area contributed by atoms with Gasteiger partial charge < -0.3 is 4.90 Å². The number of likely N-dealkylation sites (tertiary alicyclic amines) is 1. The molecule has 1 fully saturated rings. The number of piperidine rings is 1. The maximum absolute atomic E-state index is 4.66. The summed E-state index contributed by atoms with van der Waals surface area (Å²) in [4.78, 5) is 7.05. The summed E-state index contributed by atoms with van der Waals surface area (Å²) in [5.74, 6) is 0.680.